The SMILES string of the molecule is N#Cc1ccc(N(c2ccc(-c3cccc(C#N)c3)cc2)c2ccc(-c3cccc(C#N)c3)cc2)cc1. The molecule has 0 atom stereocenters. The molecule has 0 saturated carbocycles. The van der Waals surface area contributed by atoms with Crippen LogP contribution in [0, 0.1) is 34.0 Å². The molecule has 0 aliphatic carbocycles. The number of hydrogen-bond donors (Lipinski definition) is 0. The van der Waals surface area contributed by atoms with Gasteiger partial charge in [0.15, 0.2) is 0 Å². The maximum Gasteiger partial charge on any atom is 0.0991 e. The van der Waals surface area contributed by atoms with Gasteiger partial charge in [-0.1, -0.05) is 48.5 Å². The lowest BCUT2D eigenvalue weighted by Gasteiger charge is -2.26. The van der Waals surface area contributed by atoms with E-state index in [1.807, 2.05) is 84.9 Å². The van der Waals surface area contributed by atoms with Crippen LogP contribution in [-0.2, 0) is 0 Å². The van der Waals surface area contributed by atoms with Gasteiger partial charge in [0.25, 0.3) is 0 Å². The van der Waals surface area contributed by atoms with Gasteiger partial charge in [-0.05, 0) is 95.1 Å². The van der Waals surface area contributed by atoms with Crippen LogP contribution in [0.5, 0.6) is 0 Å². The molecule has 0 aliphatic heterocycles. The smallest absolute Gasteiger partial charge is 0.0991 e. The summed E-state index contributed by atoms with van der Waals surface area (Å²) in [5.74, 6) is 0. The van der Waals surface area contributed by atoms with Crippen LogP contribution in [0.2, 0.25) is 0 Å². The monoisotopic (exact) mass is 472 g/mol. The lowest BCUT2D eigenvalue weighted by molar-refractivity contribution is 1.28. The van der Waals surface area contributed by atoms with Crippen molar-refractivity contribution in [3.8, 4) is 40.5 Å². The number of nitriles is 3. The van der Waals surface area contributed by atoms with Crippen molar-refractivity contribution in [2.24, 2.45) is 0 Å². The molecule has 0 aliphatic rings. The summed E-state index contributed by atoms with van der Waals surface area (Å²) in [5, 5.41) is 27.7. The first-order valence-electron chi connectivity index (χ1n) is 11.7. The summed E-state index contributed by atoms with van der Waals surface area (Å²) in [6, 6.07) is 45.6. The van der Waals surface area contributed by atoms with Crippen molar-refractivity contribution in [3.05, 3.63) is 138 Å². The molecule has 0 saturated heterocycles. The van der Waals surface area contributed by atoms with E-state index in [1.54, 1.807) is 12.1 Å². The average molecular weight is 473 g/mol. The molecule has 0 spiro atoms. The Morgan fingerprint density at radius 3 is 1.14 bits per heavy atom. The fourth-order valence-corrected chi connectivity index (χ4v) is 4.27. The lowest BCUT2D eigenvalue weighted by Crippen LogP contribution is -2.09. The van der Waals surface area contributed by atoms with Crippen LogP contribution < -0.4 is 4.90 Å². The predicted octanol–water partition coefficient (Wildman–Crippen LogP) is 8.11. The zero-order chi connectivity index (χ0) is 25.6. The summed E-state index contributed by atoms with van der Waals surface area (Å²) < 4.78 is 0. The molecule has 4 heteroatoms. The van der Waals surface area contributed by atoms with Gasteiger partial charge in [-0.15, -0.1) is 0 Å². The summed E-state index contributed by atoms with van der Waals surface area (Å²) in [6.07, 6.45) is 0. The molecule has 0 N–H and O–H groups in total. The zero-order valence-electron chi connectivity index (χ0n) is 19.8. The van der Waals surface area contributed by atoms with E-state index in [9.17, 15) is 15.8 Å². The third kappa shape index (κ3) is 4.94. The maximum absolute atomic E-state index is 9.25. The zero-order valence-corrected chi connectivity index (χ0v) is 19.8. The Labute approximate surface area is 216 Å². The quantitative estimate of drug-likeness (QED) is 0.259. The summed E-state index contributed by atoms with van der Waals surface area (Å²) in [4.78, 5) is 2.13. The number of anilines is 3. The number of rotatable bonds is 5. The predicted molar refractivity (Wildman–Crippen MR) is 146 cm³/mol. The molecular formula is C33H20N4. The van der Waals surface area contributed by atoms with Gasteiger partial charge in [0.1, 0.15) is 0 Å². The number of hydrogen-bond acceptors (Lipinski definition) is 4. The molecule has 37 heavy (non-hydrogen) atoms. The third-order valence-corrected chi connectivity index (χ3v) is 6.16. The molecule has 0 aromatic heterocycles. The molecule has 5 aromatic rings. The molecule has 0 radical (unpaired) electrons. The third-order valence-electron chi connectivity index (χ3n) is 6.16. The first kappa shape index (κ1) is 23.1. The van der Waals surface area contributed by atoms with E-state index in [2.05, 4.69) is 47.4 Å². The molecule has 5 aromatic carbocycles. The van der Waals surface area contributed by atoms with Gasteiger partial charge in [0.05, 0.1) is 34.9 Å². The standard InChI is InChI=1S/C33H20N4/c34-21-24-7-13-31(14-8-24)37(32-15-9-27(10-16-32)29-5-1-3-25(19-29)22-35)33-17-11-28(12-18-33)30-6-2-4-26(20-30)23-36/h1-20H. The van der Waals surface area contributed by atoms with Gasteiger partial charge in [-0.25, -0.2) is 0 Å². The highest BCUT2D eigenvalue weighted by atomic mass is 15.1. The Hall–Kier alpha value is -5.63. The van der Waals surface area contributed by atoms with Crippen LogP contribution in [0.25, 0.3) is 22.3 Å². The summed E-state index contributed by atoms with van der Waals surface area (Å²) in [5.41, 5.74) is 8.72. The largest absolute Gasteiger partial charge is 0.311 e. The first-order chi connectivity index (χ1) is 18.2. The van der Waals surface area contributed by atoms with Gasteiger partial charge >= 0.3 is 0 Å². The van der Waals surface area contributed by atoms with Crippen LogP contribution in [0.1, 0.15) is 16.7 Å². The Kier molecular flexibility index (Phi) is 6.45. The second kappa shape index (κ2) is 10.3. The van der Waals surface area contributed by atoms with Crippen LogP contribution in [0.4, 0.5) is 17.1 Å². The minimum Gasteiger partial charge on any atom is -0.311 e. The lowest BCUT2D eigenvalue weighted by atomic mass is 10.0. The van der Waals surface area contributed by atoms with Crippen molar-refractivity contribution in [2.45, 2.75) is 0 Å². The minimum atomic E-state index is 0.601. The average Bonchev–Trinajstić information content (AvgIpc) is 2.98. The topological polar surface area (TPSA) is 74.6 Å². The molecule has 5 rings (SSSR count). The van der Waals surface area contributed by atoms with Gasteiger partial charge in [0.2, 0.25) is 0 Å². The highest BCUT2D eigenvalue weighted by Gasteiger charge is 2.13. The Morgan fingerprint density at radius 1 is 0.378 bits per heavy atom. The van der Waals surface area contributed by atoms with Crippen molar-refractivity contribution < 1.29 is 0 Å². The highest BCUT2D eigenvalue weighted by molar-refractivity contribution is 5.80. The van der Waals surface area contributed by atoms with Crippen LogP contribution >= 0.6 is 0 Å². The van der Waals surface area contributed by atoms with E-state index >= 15 is 0 Å². The summed E-state index contributed by atoms with van der Waals surface area (Å²) in [7, 11) is 0. The molecule has 0 unspecified atom stereocenters. The highest BCUT2D eigenvalue weighted by Crippen LogP contribution is 2.36. The van der Waals surface area contributed by atoms with Gasteiger partial charge in [-0.3, -0.25) is 0 Å². The Balaban J connectivity index is 1.54. The maximum atomic E-state index is 9.25. The summed E-state index contributed by atoms with van der Waals surface area (Å²) in [6.45, 7) is 0. The normalized spacial score (nSPS) is 10.1. The van der Waals surface area contributed by atoms with Crippen molar-refractivity contribution >= 4 is 17.1 Å². The molecular weight excluding hydrogens is 452 g/mol. The molecule has 0 heterocycles. The Bertz CT molecular complexity index is 1580. The van der Waals surface area contributed by atoms with Crippen LogP contribution in [0.15, 0.2) is 121 Å². The fourth-order valence-electron chi connectivity index (χ4n) is 4.27. The second-order valence-electron chi connectivity index (χ2n) is 8.47. The molecule has 0 bridgehead atoms. The summed E-state index contributed by atoms with van der Waals surface area (Å²) >= 11 is 0. The molecule has 172 valence electrons. The van der Waals surface area contributed by atoms with E-state index < -0.39 is 0 Å². The van der Waals surface area contributed by atoms with Crippen LogP contribution in [0.3, 0.4) is 0 Å². The van der Waals surface area contributed by atoms with E-state index in [0.29, 0.717) is 16.7 Å². The molecule has 4 nitrogen and oxygen atoms in total. The fraction of sp³-hybridized carbons (Fsp3) is 0. The van der Waals surface area contributed by atoms with Crippen molar-refractivity contribution in [3.63, 3.8) is 0 Å². The van der Waals surface area contributed by atoms with E-state index in [0.717, 1.165) is 39.3 Å². The first-order valence-corrected chi connectivity index (χ1v) is 11.7. The van der Waals surface area contributed by atoms with E-state index in [4.69, 9.17) is 0 Å². The number of benzene rings is 5. The molecule has 0 amide bonds. The van der Waals surface area contributed by atoms with Gasteiger partial charge in [0, 0.05) is 17.1 Å². The molecule has 0 fully saturated rings. The Morgan fingerprint density at radius 2 is 0.757 bits per heavy atom. The minimum absolute atomic E-state index is 0.601. The van der Waals surface area contributed by atoms with Gasteiger partial charge in [-0.2, -0.15) is 15.8 Å². The van der Waals surface area contributed by atoms with Crippen molar-refractivity contribution in [2.75, 3.05) is 4.90 Å². The second-order valence-corrected chi connectivity index (χ2v) is 8.47. The van der Waals surface area contributed by atoms with Crippen molar-refractivity contribution in [1.29, 1.82) is 15.8 Å². The number of nitrogens with zero attached hydrogens (tertiary/aromatic N) is 4. The van der Waals surface area contributed by atoms with Crippen molar-refractivity contribution in [1.82, 2.24) is 0 Å². The van der Waals surface area contributed by atoms with Gasteiger partial charge < -0.3 is 4.90 Å². The van der Waals surface area contributed by atoms with E-state index in [-0.39, 0.29) is 0 Å². The van der Waals surface area contributed by atoms with E-state index in [1.165, 1.54) is 0 Å². The van der Waals surface area contributed by atoms with Crippen LogP contribution in [-0.4, -0.2) is 0 Å².